The van der Waals surface area contributed by atoms with E-state index in [1.54, 1.807) is 0 Å². The van der Waals surface area contributed by atoms with Crippen molar-refractivity contribution in [1.82, 2.24) is 0 Å². The van der Waals surface area contributed by atoms with Crippen LogP contribution in [0.4, 0.5) is 0 Å². The lowest BCUT2D eigenvalue weighted by atomic mass is 9.33. The monoisotopic (exact) mass is 1130 g/mol. The van der Waals surface area contributed by atoms with E-state index in [1.165, 1.54) is 17.4 Å². The van der Waals surface area contributed by atoms with Gasteiger partial charge in [0.1, 0.15) is 18.2 Å². The minimum atomic E-state index is -2.16. The normalized spacial score (nSPS) is 48.4. The highest BCUT2D eigenvalue weighted by Gasteiger charge is 2.72. The lowest BCUT2D eigenvalue weighted by Crippen LogP contribution is -2.68. The lowest BCUT2D eigenvalue weighted by molar-refractivity contribution is -0.382. The Morgan fingerprint density at radius 3 is 1.94 bits per heavy atom. The molecule has 11 unspecified atom stereocenters. The molecule has 0 radical (unpaired) electrons. The van der Waals surface area contributed by atoms with E-state index in [0.717, 1.165) is 75.9 Å². The van der Waals surface area contributed by atoms with E-state index >= 15 is 0 Å². The second-order valence-corrected chi connectivity index (χ2v) is 34.7. The largest absolute Gasteiger partial charge is 0.408 e. The summed E-state index contributed by atoms with van der Waals surface area (Å²) in [5, 5.41) is 0. The number of aldehydes is 1. The SMILES string of the molecule is CCC1O[C@@H](OC2[C@H](O[C@H]3CCC4(C)C5CC=C6C7CC(C)(C)CC[C@]7(C(C)=O)C(OC)C[C@@]6(C)C5(C)CC[C@H]4[C@@]3(C)C=O)OC(Cc3ccccc3)[C@@H](C)[C@@H]2O[C@@H]2O[C@@H](C)[C@H](C)C(C)C2C)C(O[Si](CC)(CC)CC)[C@@H](C)[C@H]1C. The number of carbonyl (C=O) groups is 2. The molecule has 8 aliphatic rings. The number of benzene rings is 1. The van der Waals surface area contributed by atoms with Crippen molar-refractivity contribution in [3.63, 3.8) is 0 Å². The van der Waals surface area contributed by atoms with Crippen molar-refractivity contribution >= 4 is 20.4 Å². The van der Waals surface area contributed by atoms with Crippen molar-refractivity contribution < 1.29 is 47.2 Å². The Morgan fingerprint density at radius 2 is 1.31 bits per heavy atom. The van der Waals surface area contributed by atoms with E-state index in [9.17, 15) is 9.59 Å². The third-order valence-corrected chi connectivity index (χ3v) is 30.7. The Bertz CT molecular complexity index is 2330. The quantitative estimate of drug-likeness (QED) is 0.0648. The first-order chi connectivity index (χ1) is 37.7. The fourth-order valence-corrected chi connectivity index (χ4v) is 22.3. The zero-order valence-electron chi connectivity index (χ0n) is 53.6. The number of allylic oxidation sites excluding steroid dienone is 2. The molecule has 1 aromatic rings. The number of hydrogen-bond acceptors (Lipinski definition) is 10. The first kappa shape index (κ1) is 62.7. The molecule has 0 N–H and O–H groups in total. The summed E-state index contributed by atoms with van der Waals surface area (Å²) in [6, 6.07) is 13.7. The molecule has 3 aliphatic heterocycles. The summed E-state index contributed by atoms with van der Waals surface area (Å²) in [6.45, 7) is 41.6. The Labute approximate surface area is 486 Å². The zero-order valence-corrected chi connectivity index (χ0v) is 54.6. The number of carbonyl (C=O) groups excluding carboxylic acids is 2. The molecular formula is C69H112O10Si. The predicted octanol–water partition coefficient (Wildman–Crippen LogP) is 15.4. The van der Waals surface area contributed by atoms with Gasteiger partial charge in [-0.15, -0.1) is 0 Å². The van der Waals surface area contributed by atoms with Gasteiger partial charge in [0.2, 0.25) is 0 Å². The van der Waals surface area contributed by atoms with Crippen LogP contribution in [0.5, 0.6) is 0 Å². The van der Waals surface area contributed by atoms with E-state index in [0.29, 0.717) is 36.4 Å². The van der Waals surface area contributed by atoms with Gasteiger partial charge < -0.3 is 42.4 Å². The molecule has 7 fully saturated rings. The van der Waals surface area contributed by atoms with Crippen LogP contribution in [0.2, 0.25) is 18.1 Å². The molecule has 1 aromatic carbocycles. The predicted molar refractivity (Wildman–Crippen MR) is 320 cm³/mol. The second-order valence-electron chi connectivity index (χ2n) is 30.0. The topological polar surface area (TPSA) is 108 Å². The first-order valence-corrected chi connectivity index (χ1v) is 35.1. The van der Waals surface area contributed by atoms with Crippen LogP contribution in [0.1, 0.15) is 194 Å². The molecule has 0 amide bonds. The van der Waals surface area contributed by atoms with Gasteiger partial charge in [0, 0.05) is 18.9 Å². The highest BCUT2D eigenvalue weighted by atomic mass is 28.4. The maximum Gasteiger partial charge on any atom is 0.192 e. The van der Waals surface area contributed by atoms with Gasteiger partial charge in [-0.2, -0.15) is 0 Å². The van der Waals surface area contributed by atoms with E-state index in [-0.39, 0.29) is 87.7 Å². The Balaban J connectivity index is 1.10. The molecular weight excluding hydrogens is 1020 g/mol. The van der Waals surface area contributed by atoms with Crippen molar-refractivity contribution in [2.24, 2.45) is 85.8 Å². The number of fused-ring (bicyclic) bond motifs is 7. The minimum Gasteiger partial charge on any atom is -0.408 e. The van der Waals surface area contributed by atoms with Crippen LogP contribution in [-0.4, -0.2) is 95.2 Å². The van der Waals surface area contributed by atoms with Gasteiger partial charge in [-0.3, -0.25) is 4.79 Å². The van der Waals surface area contributed by atoms with Gasteiger partial charge in [0.25, 0.3) is 0 Å². The molecule has 5 aliphatic carbocycles. The molecule has 0 spiro atoms. The Morgan fingerprint density at radius 1 is 0.662 bits per heavy atom. The number of hydrogen-bond donors (Lipinski definition) is 0. The van der Waals surface area contributed by atoms with Gasteiger partial charge in [-0.05, 0) is 171 Å². The summed E-state index contributed by atoms with van der Waals surface area (Å²) in [6.07, 6.45) is 9.15. The van der Waals surface area contributed by atoms with Crippen LogP contribution in [0.3, 0.4) is 0 Å². The van der Waals surface area contributed by atoms with Crippen LogP contribution in [0.25, 0.3) is 0 Å². The van der Waals surface area contributed by atoms with Crippen LogP contribution >= 0.6 is 0 Å². The van der Waals surface area contributed by atoms with Crippen LogP contribution in [0.15, 0.2) is 42.0 Å². The number of rotatable bonds is 17. The molecule has 25 atom stereocenters. The average Bonchev–Trinajstić information content (AvgIpc) is 3.21. The van der Waals surface area contributed by atoms with Gasteiger partial charge in [-0.25, -0.2) is 0 Å². The van der Waals surface area contributed by atoms with Crippen molar-refractivity contribution in [1.29, 1.82) is 0 Å². The summed E-state index contributed by atoms with van der Waals surface area (Å²) in [4.78, 5) is 28.7. The summed E-state index contributed by atoms with van der Waals surface area (Å²) < 4.78 is 58.9. The molecule has 80 heavy (non-hydrogen) atoms. The molecule has 452 valence electrons. The fraction of sp³-hybridized carbons (Fsp3) is 0.855. The Kier molecular flexibility index (Phi) is 18.4. The summed E-state index contributed by atoms with van der Waals surface area (Å²) in [5.41, 5.74) is 1.12. The van der Waals surface area contributed by atoms with Gasteiger partial charge in [0.05, 0.1) is 53.6 Å². The van der Waals surface area contributed by atoms with Crippen LogP contribution < -0.4 is 0 Å². The maximum absolute atomic E-state index is 14.6. The first-order valence-electron chi connectivity index (χ1n) is 32.6. The summed E-state index contributed by atoms with van der Waals surface area (Å²) in [7, 11) is -0.309. The second kappa shape index (κ2) is 23.5. The third-order valence-electron chi connectivity index (χ3n) is 26.1. The number of ether oxygens (including phenoxy) is 7. The standard InChI is InChI=1S/C69H112O10Si/c1-20-52-43(7)44(8)59(79-80(21-2,22-3)23-4)62(74-52)78-60-58(77-61-45(9)41(5)42(6)47(11)73-61)46(10)53(37-49-27-25-24-26-28-49)75-63(60)76-56-32-33-65(15)54(66(56,16)40-70)31-34-67(17)55(65)30-29-50-51-38-64(13,14)35-36-69(51,48(12)71)57(72-19)39-68(50,67)18/h24-29,40-47,51-63H,20-23,30-39H2,1-19H3/t41?,42-,43-,44+,45?,46-,47+,51?,52?,53?,54-,55?,56+,57?,58+,59?,60?,61+,62+,63+,65?,66-,67?,68-,69-/m1/s1. The van der Waals surface area contributed by atoms with Gasteiger partial charge in [0.15, 0.2) is 27.2 Å². The van der Waals surface area contributed by atoms with E-state index in [2.05, 4.69) is 154 Å². The molecule has 10 nitrogen and oxygen atoms in total. The maximum atomic E-state index is 14.6. The molecule has 3 saturated heterocycles. The van der Waals surface area contributed by atoms with E-state index in [4.69, 9.17) is 37.6 Å². The highest BCUT2D eigenvalue weighted by Crippen LogP contribution is 2.76. The molecule has 0 bridgehead atoms. The lowest BCUT2D eigenvalue weighted by Gasteiger charge is -2.72. The average molecular weight is 1130 g/mol. The van der Waals surface area contributed by atoms with E-state index < -0.39 is 56.3 Å². The molecule has 4 saturated carbocycles. The highest BCUT2D eigenvalue weighted by molar-refractivity contribution is 6.73. The molecule has 0 aromatic heterocycles. The van der Waals surface area contributed by atoms with Crippen LogP contribution in [0, 0.1) is 85.8 Å². The molecule has 9 rings (SSSR count). The third kappa shape index (κ3) is 10.3. The van der Waals surface area contributed by atoms with Crippen molar-refractivity contribution in [3.8, 4) is 0 Å². The van der Waals surface area contributed by atoms with E-state index in [1.807, 2.05) is 14.0 Å². The zero-order chi connectivity index (χ0) is 58.3. The minimum absolute atomic E-state index is 0.0132. The van der Waals surface area contributed by atoms with Crippen molar-refractivity contribution in [2.45, 2.75) is 281 Å². The van der Waals surface area contributed by atoms with Gasteiger partial charge >= 0.3 is 0 Å². The Hall–Kier alpha value is -1.80. The molecule has 3 heterocycles. The van der Waals surface area contributed by atoms with Crippen LogP contribution in [-0.2, 0) is 53.6 Å². The fourth-order valence-electron chi connectivity index (χ4n) is 19.4. The van der Waals surface area contributed by atoms with Crippen molar-refractivity contribution in [2.75, 3.05) is 7.11 Å². The number of methoxy groups -OCH3 is 1. The number of ketones is 1. The summed E-state index contributed by atoms with van der Waals surface area (Å²) in [5.74, 6) is 2.01. The van der Waals surface area contributed by atoms with Gasteiger partial charge in [-0.1, -0.05) is 153 Å². The smallest absolute Gasteiger partial charge is 0.192 e. The summed E-state index contributed by atoms with van der Waals surface area (Å²) >= 11 is 0. The number of Topliss-reactive ketones (excluding diaryl/α,β-unsaturated/α-hetero) is 1. The van der Waals surface area contributed by atoms with Crippen molar-refractivity contribution in [3.05, 3.63) is 47.5 Å². The molecule has 11 heteroatoms.